The van der Waals surface area contributed by atoms with Gasteiger partial charge in [0.1, 0.15) is 24.5 Å². The maximum Gasteiger partial charge on any atom is 0.260 e. The van der Waals surface area contributed by atoms with Gasteiger partial charge in [0.2, 0.25) is 0 Å². The van der Waals surface area contributed by atoms with E-state index in [2.05, 4.69) is 9.97 Å². The average molecular weight is 421 g/mol. The predicted molar refractivity (Wildman–Crippen MR) is 112 cm³/mol. The molecule has 4 aromatic rings. The van der Waals surface area contributed by atoms with Crippen LogP contribution < -0.4 is 14.4 Å². The molecule has 30 heavy (non-hydrogen) atoms. The summed E-state index contributed by atoms with van der Waals surface area (Å²) in [6.07, 6.45) is 3.33. The summed E-state index contributed by atoms with van der Waals surface area (Å²) >= 11 is 1.27. The summed E-state index contributed by atoms with van der Waals surface area (Å²) in [5.41, 5.74) is 1.58. The lowest BCUT2D eigenvalue weighted by Gasteiger charge is -2.22. The topological polar surface area (TPSA) is 64.6 Å². The van der Waals surface area contributed by atoms with Crippen molar-refractivity contribution >= 4 is 32.6 Å². The third kappa shape index (κ3) is 3.46. The second-order valence-corrected chi connectivity index (χ2v) is 7.70. The second-order valence-electron chi connectivity index (χ2n) is 6.69. The summed E-state index contributed by atoms with van der Waals surface area (Å²) in [4.78, 5) is 23.5. The molecule has 8 heteroatoms. The minimum Gasteiger partial charge on any atom is -0.486 e. The van der Waals surface area contributed by atoms with Crippen LogP contribution in [0.4, 0.5) is 9.52 Å². The van der Waals surface area contributed by atoms with Gasteiger partial charge in [-0.2, -0.15) is 0 Å². The summed E-state index contributed by atoms with van der Waals surface area (Å²) < 4.78 is 26.0. The van der Waals surface area contributed by atoms with E-state index in [0.29, 0.717) is 40.1 Å². The number of para-hydroxylation sites is 1. The maximum atomic E-state index is 14.2. The molecule has 2 aromatic carbocycles. The number of fused-ring (bicyclic) bond motifs is 2. The monoisotopic (exact) mass is 421 g/mol. The van der Waals surface area contributed by atoms with Gasteiger partial charge in [0.05, 0.1) is 11.2 Å². The number of thiazole rings is 1. The molecule has 0 N–H and O–H groups in total. The normalized spacial score (nSPS) is 12.7. The highest BCUT2D eigenvalue weighted by atomic mass is 32.1. The molecule has 0 bridgehead atoms. The first-order valence-electron chi connectivity index (χ1n) is 9.34. The molecule has 6 nitrogen and oxygen atoms in total. The fourth-order valence-electron chi connectivity index (χ4n) is 3.25. The van der Waals surface area contributed by atoms with E-state index in [4.69, 9.17) is 9.47 Å². The Labute approximate surface area is 175 Å². The molecule has 0 atom stereocenters. The summed E-state index contributed by atoms with van der Waals surface area (Å²) in [5, 5.41) is 0.423. The van der Waals surface area contributed by atoms with Crippen LogP contribution in [0.15, 0.2) is 60.9 Å². The van der Waals surface area contributed by atoms with Crippen molar-refractivity contribution in [2.75, 3.05) is 18.1 Å². The first-order chi connectivity index (χ1) is 14.7. The van der Waals surface area contributed by atoms with Gasteiger partial charge in [-0.05, 0) is 48.0 Å². The molecule has 0 fully saturated rings. The number of rotatable bonds is 4. The highest BCUT2D eigenvalue weighted by Crippen LogP contribution is 2.34. The largest absolute Gasteiger partial charge is 0.486 e. The number of pyridine rings is 1. The van der Waals surface area contributed by atoms with Crippen LogP contribution in [0.3, 0.4) is 0 Å². The van der Waals surface area contributed by atoms with E-state index < -0.39 is 5.82 Å². The van der Waals surface area contributed by atoms with Gasteiger partial charge in [-0.15, -0.1) is 0 Å². The van der Waals surface area contributed by atoms with Crippen LogP contribution >= 0.6 is 11.3 Å². The van der Waals surface area contributed by atoms with Crippen molar-refractivity contribution in [3.05, 3.63) is 77.9 Å². The van der Waals surface area contributed by atoms with Crippen LogP contribution in [0.2, 0.25) is 0 Å². The third-order valence-corrected chi connectivity index (χ3v) is 5.76. The smallest absolute Gasteiger partial charge is 0.260 e. The zero-order chi connectivity index (χ0) is 20.5. The van der Waals surface area contributed by atoms with Crippen LogP contribution in [0.25, 0.3) is 10.2 Å². The number of carbonyl (C=O) groups is 1. The van der Waals surface area contributed by atoms with Gasteiger partial charge in [0.15, 0.2) is 16.6 Å². The van der Waals surface area contributed by atoms with Crippen molar-refractivity contribution < 1.29 is 18.7 Å². The van der Waals surface area contributed by atoms with Crippen molar-refractivity contribution in [2.45, 2.75) is 6.54 Å². The highest BCUT2D eigenvalue weighted by molar-refractivity contribution is 7.22. The molecule has 1 aliphatic rings. The highest BCUT2D eigenvalue weighted by Gasteiger charge is 2.24. The number of anilines is 1. The van der Waals surface area contributed by atoms with Gasteiger partial charge in [-0.3, -0.25) is 14.7 Å². The minimum absolute atomic E-state index is 0.257. The summed E-state index contributed by atoms with van der Waals surface area (Å²) in [5.74, 6) is 0.473. The Bertz CT molecular complexity index is 1230. The summed E-state index contributed by atoms with van der Waals surface area (Å²) in [7, 11) is 0. The molecule has 0 radical (unpaired) electrons. The molecular formula is C22H16FN3O3S. The zero-order valence-corrected chi connectivity index (χ0v) is 16.6. The van der Waals surface area contributed by atoms with Gasteiger partial charge in [-0.25, -0.2) is 9.37 Å². The molecule has 0 saturated heterocycles. The number of hydrogen-bond donors (Lipinski definition) is 0. The molecule has 2 aromatic heterocycles. The fourth-order valence-corrected chi connectivity index (χ4v) is 4.23. The van der Waals surface area contributed by atoms with Gasteiger partial charge in [0.25, 0.3) is 5.91 Å². The van der Waals surface area contributed by atoms with E-state index in [1.807, 2.05) is 12.1 Å². The quantitative estimate of drug-likeness (QED) is 0.487. The van der Waals surface area contributed by atoms with Crippen molar-refractivity contribution in [3.63, 3.8) is 0 Å². The number of hydrogen-bond acceptors (Lipinski definition) is 6. The van der Waals surface area contributed by atoms with E-state index in [1.165, 1.54) is 17.4 Å². The minimum atomic E-state index is -0.411. The molecule has 0 unspecified atom stereocenters. The van der Waals surface area contributed by atoms with Crippen LogP contribution in [0.5, 0.6) is 11.5 Å². The Balaban J connectivity index is 1.56. The SMILES string of the molecule is O=C(c1ccc2c(c1)OCCO2)N(Cc1ccncc1)c1nc2c(F)cccc2s1. The van der Waals surface area contributed by atoms with Gasteiger partial charge >= 0.3 is 0 Å². The fraction of sp³-hybridized carbons (Fsp3) is 0.136. The molecule has 0 aliphatic carbocycles. The first kappa shape index (κ1) is 18.5. The van der Waals surface area contributed by atoms with E-state index in [-0.39, 0.29) is 18.0 Å². The van der Waals surface area contributed by atoms with Crippen LogP contribution in [-0.2, 0) is 6.54 Å². The molecule has 5 rings (SSSR count). The lowest BCUT2D eigenvalue weighted by molar-refractivity contribution is 0.0984. The number of nitrogens with zero attached hydrogens (tertiary/aromatic N) is 3. The number of halogens is 1. The lowest BCUT2D eigenvalue weighted by atomic mass is 10.1. The maximum absolute atomic E-state index is 14.2. The molecule has 0 saturated carbocycles. The Hall–Kier alpha value is -3.52. The van der Waals surface area contributed by atoms with E-state index >= 15 is 0 Å². The van der Waals surface area contributed by atoms with Crippen LogP contribution in [0.1, 0.15) is 15.9 Å². The number of ether oxygens (including phenoxy) is 2. The van der Waals surface area contributed by atoms with E-state index in [0.717, 1.165) is 5.56 Å². The molecular weight excluding hydrogens is 405 g/mol. The summed E-state index contributed by atoms with van der Waals surface area (Å²) in [6.45, 7) is 1.19. The Morgan fingerprint density at radius 2 is 1.87 bits per heavy atom. The van der Waals surface area contributed by atoms with Crippen molar-refractivity contribution in [1.82, 2.24) is 9.97 Å². The van der Waals surface area contributed by atoms with Crippen molar-refractivity contribution in [3.8, 4) is 11.5 Å². The second kappa shape index (κ2) is 7.72. The van der Waals surface area contributed by atoms with Crippen molar-refractivity contribution in [2.24, 2.45) is 0 Å². The Morgan fingerprint density at radius 3 is 2.67 bits per heavy atom. The number of benzene rings is 2. The van der Waals surface area contributed by atoms with Crippen molar-refractivity contribution in [1.29, 1.82) is 0 Å². The average Bonchev–Trinajstić information content (AvgIpc) is 3.23. The van der Waals surface area contributed by atoms with Crippen LogP contribution in [0, 0.1) is 5.82 Å². The third-order valence-electron chi connectivity index (χ3n) is 4.71. The van der Waals surface area contributed by atoms with Gasteiger partial charge in [0, 0.05) is 18.0 Å². The molecule has 1 amide bonds. The first-order valence-corrected chi connectivity index (χ1v) is 10.2. The molecule has 1 aliphatic heterocycles. The number of amides is 1. The molecule has 150 valence electrons. The van der Waals surface area contributed by atoms with Crippen LogP contribution in [-0.4, -0.2) is 29.1 Å². The standard InChI is InChI=1S/C22H16FN3O3S/c23-16-2-1-3-19-20(16)25-22(30-19)26(13-14-6-8-24-9-7-14)21(27)15-4-5-17-18(12-15)29-11-10-28-17/h1-9,12H,10-11,13H2. The van der Waals surface area contributed by atoms with Gasteiger partial charge < -0.3 is 9.47 Å². The zero-order valence-electron chi connectivity index (χ0n) is 15.7. The number of aromatic nitrogens is 2. The summed E-state index contributed by atoms with van der Waals surface area (Å²) in [6, 6.07) is 13.5. The van der Waals surface area contributed by atoms with E-state index in [1.54, 1.807) is 47.6 Å². The van der Waals surface area contributed by atoms with Gasteiger partial charge in [-0.1, -0.05) is 17.4 Å². The molecule has 0 spiro atoms. The Morgan fingerprint density at radius 1 is 1.07 bits per heavy atom. The molecule has 3 heterocycles. The van der Waals surface area contributed by atoms with E-state index in [9.17, 15) is 9.18 Å². The Kier molecular flexibility index (Phi) is 4.76. The number of carbonyl (C=O) groups excluding carboxylic acids is 1. The predicted octanol–water partition coefficient (Wildman–Crippen LogP) is 4.45. The lowest BCUT2D eigenvalue weighted by Crippen LogP contribution is -2.30.